The summed E-state index contributed by atoms with van der Waals surface area (Å²) in [6.45, 7) is 7.84. The van der Waals surface area contributed by atoms with Crippen LogP contribution in [0.15, 0.2) is 18.2 Å². The van der Waals surface area contributed by atoms with Gasteiger partial charge in [-0.3, -0.25) is 9.59 Å². The van der Waals surface area contributed by atoms with Gasteiger partial charge in [0.1, 0.15) is 0 Å². The Labute approximate surface area is 149 Å². The van der Waals surface area contributed by atoms with Crippen LogP contribution in [-0.2, 0) is 19.1 Å². The zero-order chi connectivity index (χ0) is 18.7. The van der Waals surface area contributed by atoms with Crippen molar-refractivity contribution in [3.05, 3.63) is 23.8 Å². The van der Waals surface area contributed by atoms with Crippen LogP contribution >= 0.6 is 0 Å². The number of ether oxygens (including phenoxy) is 4. The van der Waals surface area contributed by atoms with Gasteiger partial charge in [0.15, 0.2) is 11.5 Å². The van der Waals surface area contributed by atoms with E-state index in [0.717, 1.165) is 25.7 Å². The number of unbranched alkanes of at least 4 members (excludes halogenated alkanes) is 2. The molecule has 1 rings (SSSR count). The number of rotatable bonds is 11. The quantitative estimate of drug-likeness (QED) is 0.338. The molecule has 0 aliphatic rings. The normalized spacial score (nSPS) is 10.4. The van der Waals surface area contributed by atoms with Crippen molar-refractivity contribution in [2.24, 2.45) is 0 Å². The fourth-order valence-electron chi connectivity index (χ4n) is 2.02. The van der Waals surface area contributed by atoms with Gasteiger partial charge >= 0.3 is 11.9 Å². The minimum atomic E-state index is -1.10. The smallest absolute Gasteiger partial charge is 0.305 e. The largest absolute Gasteiger partial charge is 0.490 e. The van der Waals surface area contributed by atoms with Crippen molar-refractivity contribution in [3.63, 3.8) is 0 Å². The maximum atomic E-state index is 11.3. The molecule has 0 heterocycles. The van der Waals surface area contributed by atoms with Crippen molar-refractivity contribution < 1.29 is 28.5 Å². The summed E-state index contributed by atoms with van der Waals surface area (Å²) < 4.78 is 21.7. The van der Waals surface area contributed by atoms with E-state index in [9.17, 15) is 9.59 Å². The van der Waals surface area contributed by atoms with Crippen molar-refractivity contribution in [2.45, 2.75) is 59.7 Å². The Hall–Kier alpha value is -2.24. The molecule has 0 fully saturated rings. The van der Waals surface area contributed by atoms with E-state index in [1.54, 1.807) is 18.2 Å². The molecular formula is C19H28O6. The zero-order valence-corrected chi connectivity index (χ0v) is 15.5. The molecule has 1 aromatic carbocycles. The van der Waals surface area contributed by atoms with E-state index < -0.39 is 18.2 Å². The summed E-state index contributed by atoms with van der Waals surface area (Å²) in [7, 11) is 0. The molecule has 0 saturated carbocycles. The second-order valence-corrected chi connectivity index (χ2v) is 5.66. The molecule has 0 spiro atoms. The highest BCUT2D eigenvalue weighted by Crippen LogP contribution is 2.32. The summed E-state index contributed by atoms with van der Waals surface area (Å²) >= 11 is 0. The molecule has 0 radical (unpaired) electrons. The average Bonchev–Trinajstić information content (AvgIpc) is 2.55. The van der Waals surface area contributed by atoms with Gasteiger partial charge in [0.05, 0.1) is 13.2 Å². The number of carbonyl (C=O) groups excluding carboxylic acids is 2. The highest BCUT2D eigenvalue weighted by molar-refractivity contribution is 5.68. The zero-order valence-electron chi connectivity index (χ0n) is 15.5. The van der Waals surface area contributed by atoms with Gasteiger partial charge in [-0.2, -0.15) is 0 Å². The first-order valence-electron chi connectivity index (χ1n) is 8.71. The topological polar surface area (TPSA) is 71.1 Å². The standard InChI is InChI=1S/C19H28O6/c1-5-7-11-22-17-10-9-16(13-18(17)23-12-8-6-2)19(24-14(3)20)25-15(4)21/h9-10,13,19H,5-8,11-12H2,1-4H3. The summed E-state index contributed by atoms with van der Waals surface area (Å²) in [6, 6.07) is 5.13. The second kappa shape index (κ2) is 11.3. The molecule has 0 aliphatic heterocycles. The van der Waals surface area contributed by atoms with Gasteiger partial charge in [0.2, 0.25) is 0 Å². The van der Waals surface area contributed by atoms with Gasteiger partial charge in [-0.25, -0.2) is 0 Å². The lowest BCUT2D eigenvalue weighted by molar-refractivity contribution is -0.186. The maximum Gasteiger partial charge on any atom is 0.305 e. The van der Waals surface area contributed by atoms with Crippen LogP contribution in [0.3, 0.4) is 0 Å². The van der Waals surface area contributed by atoms with Crippen molar-refractivity contribution in [1.29, 1.82) is 0 Å². The van der Waals surface area contributed by atoms with Crippen LogP contribution in [0.4, 0.5) is 0 Å². The Balaban J connectivity index is 3.02. The first-order valence-corrected chi connectivity index (χ1v) is 8.71. The number of benzene rings is 1. The van der Waals surface area contributed by atoms with E-state index in [4.69, 9.17) is 18.9 Å². The maximum absolute atomic E-state index is 11.3. The summed E-state index contributed by atoms with van der Waals surface area (Å²) in [5, 5.41) is 0. The Morgan fingerprint density at radius 1 is 0.880 bits per heavy atom. The summed E-state index contributed by atoms with van der Waals surface area (Å²) in [5.41, 5.74) is 0.514. The van der Waals surface area contributed by atoms with E-state index in [-0.39, 0.29) is 0 Å². The molecule has 0 aliphatic carbocycles. The van der Waals surface area contributed by atoms with E-state index in [0.29, 0.717) is 30.3 Å². The van der Waals surface area contributed by atoms with Crippen LogP contribution in [0.2, 0.25) is 0 Å². The molecule has 0 unspecified atom stereocenters. The average molecular weight is 352 g/mol. The van der Waals surface area contributed by atoms with Crippen molar-refractivity contribution in [2.75, 3.05) is 13.2 Å². The first kappa shape index (κ1) is 20.8. The van der Waals surface area contributed by atoms with Gasteiger partial charge < -0.3 is 18.9 Å². The van der Waals surface area contributed by atoms with Crippen LogP contribution in [0.25, 0.3) is 0 Å². The summed E-state index contributed by atoms with van der Waals surface area (Å²) in [4.78, 5) is 22.6. The van der Waals surface area contributed by atoms with Crippen LogP contribution in [0.5, 0.6) is 11.5 Å². The molecule has 0 bridgehead atoms. The first-order chi connectivity index (χ1) is 12.0. The fourth-order valence-corrected chi connectivity index (χ4v) is 2.02. The van der Waals surface area contributed by atoms with Crippen molar-refractivity contribution >= 4 is 11.9 Å². The third kappa shape index (κ3) is 7.92. The molecule has 0 aromatic heterocycles. The van der Waals surface area contributed by atoms with E-state index in [1.165, 1.54) is 13.8 Å². The minimum Gasteiger partial charge on any atom is -0.490 e. The van der Waals surface area contributed by atoms with Gasteiger partial charge in [0.25, 0.3) is 6.29 Å². The highest BCUT2D eigenvalue weighted by Gasteiger charge is 2.20. The molecular weight excluding hydrogens is 324 g/mol. The van der Waals surface area contributed by atoms with E-state index in [2.05, 4.69) is 13.8 Å². The van der Waals surface area contributed by atoms with Crippen LogP contribution in [0.1, 0.15) is 65.2 Å². The van der Waals surface area contributed by atoms with Crippen LogP contribution in [0, 0.1) is 0 Å². The van der Waals surface area contributed by atoms with Gasteiger partial charge in [-0.15, -0.1) is 0 Å². The van der Waals surface area contributed by atoms with Gasteiger partial charge in [-0.05, 0) is 31.0 Å². The Morgan fingerprint density at radius 3 is 1.88 bits per heavy atom. The SMILES string of the molecule is CCCCOc1ccc(C(OC(C)=O)OC(C)=O)cc1OCCCC. The van der Waals surface area contributed by atoms with Crippen LogP contribution in [-0.4, -0.2) is 25.2 Å². The summed E-state index contributed by atoms with van der Waals surface area (Å²) in [6.07, 6.45) is 2.80. The number of esters is 2. The van der Waals surface area contributed by atoms with Crippen molar-refractivity contribution in [1.82, 2.24) is 0 Å². The molecule has 6 heteroatoms. The lowest BCUT2D eigenvalue weighted by atomic mass is 10.2. The van der Waals surface area contributed by atoms with E-state index >= 15 is 0 Å². The number of carbonyl (C=O) groups is 2. The predicted octanol–water partition coefficient (Wildman–Crippen LogP) is 4.17. The minimum absolute atomic E-state index is 0.514. The molecule has 0 atom stereocenters. The predicted molar refractivity (Wildman–Crippen MR) is 93.5 cm³/mol. The lowest BCUT2D eigenvalue weighted by Gasteiger charge is -2.19. The Kier molecular flexibility index (Phi) is 9.43. The van der Waals surface area contributed by atoms with Crippen LogP contribution < -0.4 is 9.47 Å². The van der Waals surface area contributed by atoms with E-state index in [1.807, 2.05) is 0 Å². The lowest BCUT2D eigenvalue weighted by Crippen LogP contribution is -2.15. The molecule has 1 aromatic rings. The molecule has 140 valence electrons. The molecule has 0 amide bonds. The van der Waals surface area contributed by atoms with Crippen molar-refractivity contribution in [3.8, 4) is 11.5 Å². The second-order valence-electron chi connectivity index (χ2n) is 5.66. The monoisotopic (exact) mass is 352 g/mol. The van der Waals surface area contributed by atoms with Gasteiger partial charge in [-0.1, -0.05) is 26.7 Å². The summed E-state index contributed by atoms with van der Waals surface area (Å²) in [5.74, 6) is 0.0926. The number of hydrogen-bond acceptors (Lipinski definition) is 6. The Morgan fingerprint density at radius 2 is 1.40 bits per heavy atom. The fraction of sp³-hybridized carbons (Fsp3) is 0.579. The highest BCUT2D eigenvalue weighted by atomic mass is 16.7. The number of hydrogen-bond donors (Lipinski definition) is 0. The molecule has 0 N–H and O–H groups in total. The third-order valence-corrected chi connectivity index (χ3v) is 3.30. The molecule has 0 saturated heterocycles. The molecule has 6 nitrogen and oxygen atoms in total. The molecule has 25 heavy (non-hydrogen) atoms. The third-order valence-electron chi connectivity index (χ3n) is 3.30. The Bertz CT molecular complexity index is 539. The van der Waals surface area contributed by atoms with Gasteiger partial charge in [0, 0.05) is 19.4 Å².